The monoisotopic (exact) mass is 220 g/mol. The number of aryl methyl sites for hydroxylation is 1. The van der Waals surface area contributed by atoms with Crippen molar-refractivity contribution < 1.29 is 0 Å². The van der Waals surface area contributed by atoms with Crippen LogP contribution in [-0.4, -0.2) is 25.7 Å². The van der Waals surface area contributed by atoms with Gasteiger partial charge in [0.05, 0.1) is 0 Å². The summed E-state index contributed by atoms with van der Waals surface area (Å²) in [5.41, 5.74) is 2.64. The second kappa shape index (κ2) is 6.54. The van der Waals surface area contributed by atoms with E-state index in [0.717, 1.165) is 19.6 Å². The number of hydrogen-bond donors (Lipinski definition) is 1. The molecule has 1 unspecified atom stereocenters. The van der Waals surface area contributed by atoms with Crippen LogP contribution >= 0.6 is 0 Å². The van der Waals surface area contributed by atoms with Crippen LogP contribution in [-0.2, 0) is 0 Å². The molecule has 1 aromatic carbocycles. The first-order valence-corrected chi connectivity index (χ1v) is 6.23. The predicted octanol–water partition coefficient (Wildman–Crippen LogP) is 2.82. The third-order valence-electron chi connectivity index (χ3n) is 2.93. The van der Waals surface area contributed by atoms with E-state index < -0.39 is 0 Å². The zero-order chi connectivity index (χ0) is 12.0. The number of likely N-dealkylation sites (N-methyl/N-ethyl adjacent to an activating group) is 2. The third kappa shape index (κ3) is 3.53. The molecule has 0 radical (unpaired) electrons. The lowest BCUT2D eigenvalue weighted by atomic mass is 10.2. The topological polar surface area (TPSA) is 15.3 Å². The quantitative estimate of drug-likeness (QED) is 0.793. The molecular weight excluding hydrogens is 196 g/mol. The van der Waals surface area contributed by atoms with Crippen molar-refractivity contribution in [3.05, 3.63) is 29.8 Å². The fraction of sp³-hybridized carbons (Fsp3) is 0.571. The first kappa shape index (κ1) is 13.0. The predicted molar refractivity (Wildman–Crippen MR) is 72.2 cm³/mol. The van der Waals surface area contributed by atoms with Crippen LogP contribution < -0.4 is 10.2 Å². The van der Waals surface area contributed by atoms with Gasteiger partial charge in [-0.1, -0.05) is 24.6 Å². The van der Waals surface area contributed by atoms with Gasteiger partial charge in [0, 0.05) is 24.8 Å². The van der Waals surface area contributed by atoms with Gasteiger partial charge in [0.25, 0.3) is 0 Å². The van der Waals surface area contributed by atoms with Gasteiger partial charge in [0.1, 0.15) is 0 Å². The molecule has 1 rings (SSSR count). The van der Waals surface area contributed by atoms with Crippen LogP contribution in [0.5, 0.6) is 0 Å². The summed E-state index contributed by atoms with van der Waals surface area (Å²) in [6.07, 6.45) is 0. The van der Waals surface area contributed by atoms with E-state index in [-0.39, 0.29) is 0 Å². The van der Waals surface area contributed by atoms with Crippen molar-refractivity contribution in [3.8, 4) is 0 Å². The van der Waals surface area contributed by atoms with E-state index in [9.17, 15) is 0 Å². The average molecular weight is 220 g/mol. The second-order valence-electron chi connectivity index (χ2n) is 4.28. The van der Waals surface area contributed by atoms with Gasteiger partial charge >= 0.3 is 0 Å². The highest BCUT2D eigenvalue weighted by molar-refractivity contribution is 5.48. The minimum Gasteiger partial charge on any atom is -0.368 e. The number of anilines is 1. The Hall–Kier alpha value is -1.02. The van der Waals surface area contributed by atoms with Gasteiger partial charge in [-0.25, -0.2) is 0 Å². The Morgan fingerprint density at radius 1 is 1.19 bits per heavy atom. The molecule has 0 saturated carbocycles. The number of hydrogen-bond acceptors (Lipinski definition) is 2. The molecular formula is C14H24N2. The lowest BCUT2D eigenvalue weighted by Gasteiger charge is -2.30. The number of nitrogens with zero attached hydrogens (tertiary/aromatic N) is 1. The van der Waals surface area contributed by atoms with Crippen molar-refractivity contribution in [1.82, 2.24) is 5.32 Å². The SMILES string of the molecule is CCNCC(C)N(CC)c1ccc(C)cc1. The summed E-state index contributed by atoms with van der Waals surface area (Å²) in [6.45, 7) is 11.9. The maximum atomic E-state index is 3.40. The Kier molecular flexibility index (Phi) is 5.33. The van der Waals surface area contributed by atoms with Crippen LogP contribution in [0.4, 0.5) is 5.69 Å². The lowest BCUT2D eigenvalue weighted by molar-refractivity contribution is 0.580. The maximum Gasteiger partial charge on any atom is 0.0386 e. The van der Waals surface area contributed by atoms with Gasteiger partial charge in [0.2, 0.25) is 0 Å². The van der Waals surface area contributed by atoms with E-state index in [0.29, 0.717) is 6.04 Å². The molecule has 90 valence electrons. The number of nitrogens with one attached hydrogen (secondary N) is 1. The summed E-state index contributed by atoms with van der Waals surface area (Å²) in [7, 11) is 0. The Labute approximate surface area is 99.7 Å². The van der Waals surface area contributed by atoms with Gasteiger partial charge in [-0.05, 0) is 39.4 Å². The first-order chi connectivity index (χ1) is 7.69. The highest BCUT2D eigenvalue weighted by atomic mass is 15.2. The molecule has 0 saturated heterocycles. The fourth-order valence-corrected chi connectivity index (χ4v) is 1.95. The van der Waals surface area contributed by atoms with E-state index in [1.54, 1.807) is 0 Å². The fourth-order valence-electron chi connectivity index (χ4n) is 1.95. The third-order valence-corrected chi connectivity index (χ3v) is 2.93. The molecule has 0 heterocycles. The van der Waals surface area contributed by atoms with E-state index in [2.05, 4.69) is 62.2 Å². The smallest absolute Gasteiger partial charge is 0.0386 e. The summed E-state index contributed by atoms with van der Waals surface area (Å²) in [6, 6.07) is 9.31. The van der Waals surface area contributed by atoms with Crippen LogP contribution in [0.2, 0.25) is 0 Å². The Balaban J connectivity index is 2.69. The van der Waals surface area contributed by atoms with Gasteiger partial charge < -0.3 is 10.2 Å². The van der Waals surface area contributed by atoms with Crippen molar-refractivity contribution >= 4 is 5.69 Å². The molecule has 0 spiro atoms. The Morgan fingerprint density at radius 2 is 1.81 bits per heavy atom. The van der Waals surface area contributed by atoms with Crippen molar-refractivity contribution in [2.45, 2.75) is 33.7 Å². The van der Waals surface area contributed by atoms with Gasteiger partial charge in [-0.2, -0.15) is 0 Å². The summed E-state index contributed by atoms with van der Waals surface area (Å²) in [5.74, 6) is 0. The largest absolute Gasteiger partial charge is 0.368 e. The number of rotatable bonds is 6. The highest BCUT2D eigenvalue weighted by Gasteiger charge is 2.11. The van der Waals surface area contributed by atoms with E-state index in [4.69, 9.17) is 0 Å². The molecule has 0 aliphatic carbocycles. The van der Waals surface area contributed by atoms with Crippen molar-refractivity contribution in [2.24, 2.45) is 0 Å². The zero-order valence-corrected chi connectivity index (χ0v) is 11.0. The zero-order valence-electron chi connectivity index (χ0n) is 11.0. The second-order valence-corrected chi connectivity index (χ2v) is 4.28. The number of benzene rings is 1. The molecule has 0 aromatic heterocycles. The normalized spacial score (nSPS) is 12.5. The molecule has 0 amide bonds. The molecule has 1 aromatic rings. The van der Waals surface area contributed by atoms with E-state index in [1.807, 2.05) is 0 Å². The molecule has 0 bridgehead atoms. The van der Waals surface area contributed by atoms with Crippen LogP contribution in [0.15, 0.2) is 24.3 Å². The standard InChI is InChI=1S/C14H24N2/c1-5-15-11-13(4)16(6-2)14-9-7-12(3)8-10-14/h7-10,13,15H,5-6,11H2,1-4H3. The van der Waals surface area contributed by atoms with Gasteiger partial charge in [-0.15, -0.1) is 0 Å². The van der Waals surface area contributed by atoms with Crippen LogP contribution in [0.3, 0.4) is 0 Å². The minimum atomic E-state index is 0.535. The maximum absolute atomic E-state index is 3.40. The molecule has 2 heteroatoms. The Morgan fingerprint density at radius 3 is 2.31 bits per heavy atom. The molecule has 1 N–H and O–H groups in total. The average Bonchev–Trinajstić information content (AvgIpc) is 2.30. The minimum absolute atomic E-state index is 0.535. The van der Waals surface area contributed by atoms with Crippen LogP contribution in [0.1, 0.15) is 26.3 Å². The summed E-state index contributed by atoms with van der Waals surface area (Å²) < 4.78 is 0. The van der Waals surface area contributed by atoms with Crippen molar-refractivity contribution in [1.29, 1.82) is 0 Å². The van der Waals surface area contributed by atoms with Crippen LogP contribution in [0.25, 0.3) is 0 Å². The van der Waals surface area contributed by atoms with Crippen molar-refractivity contribution in [3.63, 3.8) is 0 Å². The molecule has 16 heavy (non-hydrogen) atoms. The first-order valence-electron chi connectivity index (χ1n) is 6.23. The molecule has 2 nitrogen and oxygen atoms in total. The lowest BCUT2D eigenvalue weighted by Crippen LogP contribution is -2.40. The molecule has 0 fully saturated rings. The van der Waals surface area contributed by atoms with E-state index in [1.165, 1.54) is 11.3 Å². The summed E-state index contributed by atoms with van der Waals surface area (Å²) >= 11 is 0. The molecule has 0 aliphatic rings. The van der Waals surface area contributed by atoms with Crippen LogP contribution in [0, 0.1) is 6.92 Å². The molecule has 0 aliphatic heterocycles. The van der Waals surface area contributed by atoms with E-state index >= 15 is 0 Å². The van der Waals surface area contributed by atoms with Crippen molar-refractivity contribution in [2.75, 3.05) is 24.5 Å². The Bertz CT molecular complexity index is 292. The van der Waals surface area contributed by atoms with Gasteiger partial charge in [-0.3, -0.25) is 0 Å². The molecule has 1 atom stereocenters. The highest BCUT2D eigenvalue weighted by Crippen LogP contribution is 2.17. The summed E-state index contributed by atoms with van der Waals surface area (Å²) in [4.78, 5) is 2.43. The summed E-state index contributed by atoms with van der Waals surface area (Å²) in [5, 5.41) is 3.40. The van der Waals surface area contributed by atoms with Gasteiger partial charge in [0.15, 0.2) is 0 Å².